The van der Waals surface area contributed by atoms with E-state index in [1.807, 2.05) is 0 Å². The van der Waals surface area contributed by atoms with E-state index in [4.69, 9.17) is 0 Å². The van der Waals surface area contributed by atoms with Crippen LogP contribution in [-0.2, 0) is 0 Å². The summed E-state index contributed by atoms with van der Waals surface area (Å²) in [7, 11) is 0. The first-order valence-corrected chi connectivity index (χ1v) is 3.58. The molecule has 0 amide bonds. The van der Waals surface area contributed by atoms with Crippen LogP contribution in [0.25, 0.3) is 0 Å². The van der Waals surface area contributed by atoms with Gasteiger partial charge < -0.3 is 5.32 Å². The summed E-state index contributed by atoms with van der Waals surface area (Å²) in [5.74, 6) is 0.865. The van der Waals surface area contributed by atoms with Gasteiger partial charge in [0.05, 0.1) is 4.95 Å². The summed E-state index contributed by atoms with van der Waals surface area (Å²) >= 11 is 3.47. The minimum absolute atomic E-state index is 0.586. The molecule has 1 aliphatic rings. The average molecular weight is 164 g/mol. The molecular weight excluding hydrogens is 154 g/mol. The van der Waals surface area contributed by atoms with Crippen molar-refractivity contribution in [3.8, 4) is 0 Å². The van der Waals surface area contributed by atoms with Crippen molar-refractivity contribution in [2.45, 2.75) is 18.3 Å². The highest BCUT2D eigenvalue weighted by atomic mass is 79.9. The van der Waals surface area contributed by atoms with Crippen LogP contribution >= 0.6 is 15.9 Å². The van der Waals surface area contributed by atoms with Crippen molar-refractivity contribution >= 4 is 15.9 Å². The number of nitrogens with one attached hydrogen (secondary N) is 1. The quantitative estimate of drug-likeness (QED) is 0.420. The highest BCUT2D eigenvalue weighted by Gasteiger charge is 2.16. The van der Waals surface area contributed by atoms with Crippen LogP contribution in [0, 0.1) is 5.92 Å². The molecule has 0 aliphatic carbocycles. The van der Waals surface area contributed by atoms with E-state index in [1.165, 1.54) is 13.0 Å². The third-order valence-electron chi connectivity index (χ3n) is 1.30. The van der Waals surface area contributed by atoms with Crippen LogP contribution in [0.4, 0.5) is 0 Å². The Kier molecular flexibility index (Phi) is 1.70. The molecule has 1 saturated heterocycles. The van der Waals surface area contributed by atoms with E-state index < -0.39 is 0 Å². The van der Waals surface area contributed by atoms with Gasteiger partial charge in [-0.15, -0.1) is 0 Å². The number of hydrogen-bond donors (Lipinski definition) is 1. The summed E-state index contributed by atoms with van der Waals surface area (Å²) < 4.78 is 0. The molecule has 1 aliphatic heterocycles. The monoisotopic (exact) mass is 163 g/mol. The molecule has 1 nitrogen and oxygen atoms in total. The summed E-state index contributed by atoms with van der Waals surface area (Å²) in [4.78, 5) is 0.586. The van der Waals surface area contributed by atoms with E-state index in [2.05, 4.69) is 28.2 Å². The first-order valence-electron chi connectivity index (χ1n) is 2.66. The normalized spacial score (nSPS) is 42.0. The predicted octanol–water partition coefficient (Wildman–Crippen LogP) is 1.34. The van der Waals surface area contributed by atoms with Gasteiger partial charge in [-0.3, -0.25) is 0 Å². The summed E-state index contributed by atoms with van der Waals surface area (Å²) in [6.07, 6.45) is 1.28. The van der Waals surface area contributed by atoms with Crippen LogP contribution in [0.2, 0.25) is 0 Å². The van der Waals surface area contributed by atoms with Gasteiger partial charge in [0.2, 0.25) is 0 Å². The van der Waals surface area contributed by atoms with Crippen molar-refractivity contribution in [2.24, 2.45) is 5.92 Å². The number of rotatable bonds is 0. The predicted molar refractivity (Wildman–Crippen MR) is 34.5 cm³/mol. The maximum Gasteiger partial charge on any atom is 0.0633 e. The summed E-state index contributed by atoms with van der Waals surface area (Å²) in [6, 6.07) is 0. The molecule has 0 aromatic heterocycles. The maximum absolute atomic E-state index is 3.47. The van der Waals surface area contributed by atoms with E-state index in [9.17, 15) is 0 Å². The van der Waals surface area contributed by atoms with E-state index >= 15 is 0 Å². The fraction of sp³-hybridized carbons (Fsp3) is 1.00. The zero-order chi connectivity index (χ0) is 5.28. The Balaban J connectivity index is 2.26. The van der Waals surface area contributed by atoms with Crippen LogP contribution < -0.4 is 5.32 Å². The minimum Gasteiger partial charge on any atom is -0.305 e. The fourth-order valence-corrected chi connectivity index (χ4v) is 1.67. The largest absolute Gasteiger partial charge is 0.305 e. The molecule has 42 valence electrons. The van der Waals surface area contributed by atoms with Crippen molar-refractivity contribution in [2.75, 3.05) is 6.54 Å². The third kappa shape index (κ3) is 1.42. The van der Waals surface area contributed by atoms with E-state index in [1.54, 1.807) is 0 Å². The lowest BCUT2D eigenvalue weighted by molar-refractivity contribution is 0.649. The fourth-order valence-electron chi connectivity index (χ4n) is 0.849. The molecule has 0 aromatic rings. The van der Waals surface area contributed by atoms with Gasteiger partial charge in [-0.25, -0.2) is 0 Å². The molecule has 0 radical (unpaired) electrons. The molecule has 1 fully saturated rings. The van der Waals surface area contributed by atoms with Crippen molar-refractivity contribution < 1.29 is 0 Å². The summed E-state index contributed by atoms with van der Waals surface area (Å²) in [6.45, 7) is 3.43. The van der Waals surface area contributed by atoms with Gasteiger partial charge in [0.15, 0.2) is 0 Å². The van der Waals surface area contributed by atoms with Crippen molar-refractivity contribution in [1.82, 2.24) is 5.32 Å². The molecule has 7 heavy (non-hydrogen) atoms. The number of alkyl halides is 1. The topological polar surface area (TPSA) is 12.0 Å². The molecule has 1 rings (SSSR count). The van der Waals surface area contributed by atoms with E-state index in [0.29, 0.717) is 4.95 Å². The minimum atomic E-state index is 0.586. The Morgan fingerprint density at radius 1 is 1.71 bits per heavy atom. The van der Waals surface area contributed by atoms with Gasteiger partial charge in [-0.1, -0.05) is 22.9 Å². The lowest BCUT2D eigenvalue weighted by Crippen LogP contribution is -2.13. The highest BCUT2D eigenvalue weighted by Crippen LogP contribution is 2.16. The van der Waals surface area contributed by atoms with Gasteiger partial charge >= 0.3 is 0 Å². The average Bonchev–Trinajstić information content (AvgIpc) is 1.87. The first-order chi connectivity index (χ1) is 3.29. The molecule has 0 saturated carbocycles. The Morgan fingerprint density at radius 2 is 2.43 bits per heavy atom. The van der Waals surface area contributed by atoms with Crippen molar-refractivity contribution in [3.63, 3.8) is 0 Å². The van der Waals surface area contributed by atoms with Crippen LogP contribution in [0.5, 0.6) is 0 Å². The molecular formula is C5H10BrN. The van der Waals surface area contributed by atoms with E-state index in [0.717, 1.165) is 5.92 Å². The SMILES string of the molecule is CC1CNC(Br)C1. The zero-order valence-corrected chi connectivity index (χ0v) is 6.03. The van der Waals surface area contributed by atoms with Gasteiger partial charge in [0.25, 0.3) is 0 Å². The van der Waals surface area contributed by atoms with Crippen molar-refractivity contribution in [1.29, 1.82) is 0 Å². The van der Waals surface area contributed by atoms with Crippen LogP contribution in [-0.4, -0.2) is 11.5 Å². The van der Waals surface area contributed by atoms with E-state index in [-0.39, 0.29) is 0 Å². The van der Waals surface area contributed by atoms with Gasteiger partial charge in [0, 0.05) is 0 Å². The maximum atomic E-state index is 3.47. The number of hydrogen-bond acceptors (Lipinski definition) is 1. The lowest BCUT2D eigenvalue weighted by atomic mass is 10.2. The second kappa shape index (κ2) is 2.14. The molecule has 2 unspecified atom stereocenters. The standard InChI is InChI=1S/C5H10BrN/c1-4-2-5(6)7-3-4/h4-5,7H,2-3H2,1H3. The number of halogens is 1. The Hall–Kier alpha value is 0.440. The molecule has 1 N–H and O–H groups in total. The summed E-state index contributed by atoms with van der Waals surface area (Å²) in [5.41, 5.74) is 0. The van der Waals surface area contributed by atoms with Crippen LogP contribution in [0.15, 0.2) is 0 Å². The van der Waals surface area contributed by atoms with Crippen LogP contribution in [0.3, 0.4) is 0 Å². The van der Waals surface area contributed by atoms with Gasteiger partial charge in [-0.2, -0.15) is 0 Å². The second-order valence-electron chi connectivity index (χ2n) is 2.22. The Morgan fingerprint density at radius 3 is 2.57 bits per heavy atom. The van der Waals surface area contributed by atoms with Gasteiger partial charge in [0.1, 0.15) is 0 Å². The second-order valence-corrected chi connectivity index (χ2v) is 3.32. The smallest absolute Gasteiger partial charge is 0.0633 e. The summed E-state index contributed by atoms with van der Waals surface area (Å²) in [5, 5.41) is 3.29. The lowest BCUT2D eigenvalue weighted by Gasteiger charge is -1.93. The third-order valence-corrected chi connectivity index (χ3v) is 1.99. The Labute approximate surface area is 52.6 Å². The molecule has 2 heteroatoms. The molecule has 1 heterocycles. The van der Waals surface area contributed by atoms with Crippen LogP contribution in [0.1, 0.15) is 13.3 Å². The van der Waals surface area contributed by atoms with Crippen molar-refractivity contribution in [3.05, 3.63) is 0 Å². The molecule has 2 atom stereocenters. The molecule has 0 spiro atoms. The van der Waals surface area contributed by atoms with Gasteiger partial charge in [-0.05, 0) is 18.9 Å². The molecule has 0 bridgehead atoms. The zero-order valence-electron chi connectivity index (χ0n) is 4.45. The highest BCUT2D eigenvalue weighted by molar-refractivity contribution is 9.09. The first kappa shape index (κ1) is 5.57. The Bertz CT molecular complexity index is 57.1. The molecule has 0 aromatic carbocycles.